The number of para-hydroxylation sites is 1. The highest BCUT2D eigenvalue weighted by Crippen LogP contribution is 2.41. The Hall–Kier alpha value is -3.53. The fourth-order valence-electron chi connectivity index (χ4n) is 3.32. The summed E-state index contributed by atoms with van der Waals surface area (Å²) in [5.74, 6) is -0.362. The first-order valence-corrected chi connectivity index (χ1v) is 7.76. The molecule has 3 heterocycles. The molecule has 1 atom stereocenters. The van der Waals surface area contributed by atoms with Gasteiger partial charge in [-0.3, -0.25) is 9.89 Å². The van der Waals surface area contributed by atoms with E-state index in [1.165, 1.54) is 0 Å². The van der Waals surface area contributed by atoms with Crippen LogP contribution in [0.1, 0.15) is 28.3 Å². The number of aryl methyl sites for hydroxylation is 2. The lowest BCUT2D eigenvalue weighted by Crippen LogP contribution is -2.25. The molecule has 25 heavy (non-hydrogen) atoms. The number of hydrogen-bond acceptors (Lipinski definition) is 5. The van der Waals surface area contributed by atoms with Gasteiger partial charge >= 0.3 is 0 Å². The Kier molecular flexibility index (Phi) is 3.15. The molecule has 4 rings (SSSR count). The molecule has 0 radical (unpaired) electrons. The second-order valence-corrected chi connectivity index (χ2v) is 6.09. The lowest BCUT2D eigenvalue weighted by molar-refractivity contribution is 0.378. The van der Waals surface area contributed by atoms with Crippen LogP contribution < -0.4 is 16.0 Å². The van der Waals surface area contributed by atoms with Crippen molar-refractivity contribution in [2.75, 3.05) is 0 Å². The number of H-pyrrole nitrogens is 2. The molecule has 1 unspecified atom stereocenters. The third kappa shape index (κ3) is 2.11. The van der Waals surface area contributed by atoms with Crippen LogP contribution in [0.3, 0.4) is 0 Å². The van der Waals surface area contributed by atoms with Gasteiger partial charge < -0.3 is 15.5 Å². The van der Waals surface area contributed by atoms with Gasteiger partial charge in [0.25, 0.3) is 5.56 Å². The summed E-state index contributed by atoms with van der Waals surface area (Å²) in [5, 5.41) is 17.4. The summed E-state index contributed by atoms with van der Waals surface area (Å²) in [6.45, 7) is 3.75. The molecule has 0 saturated carbocycles. The summed E-state index contributed by atoms with van der Waals surface area (Å²) in [6.07, 6.45) is 0. The van der Waals surface area contributed by atoms with E-state index in [1.54, 1.807) is 6.07 Å². The van der Waals surface area contributed by atoms with Crippen molar-refractivity contribution in [3.63, 3.8) is 0 Å². The summed E-state index contributed by atoms with van der Waals surface area (Å²) in [6, 6.07) is 9.66. The molecule has 0 amide bonds. The van der Waals surface area contributed by atoms with Gasteiger partial charge in [0.05, 0.1) is 11.4 Å². The molecule has 1 aliphatic heterocycles. The summed E-state index contributed by atoms with van der Waals surface area (Å²) in [5.41, 5.74) is 9.41. The Labute approximate surface area is 142 Å². The minimum atomic E-state index is -0.624. The van der Waals surface area contributed by atoms with Gasteiger partial charge in [-0.05, 0) is 30.9 Å². The van der Waals surface area contributed by atoms with Crippen LogP contribution in [0.15, 0.2) is 40.5 Å². The maximum atomic E-state index is 12.8. The highest BCUT2D eigenvalue weighted by atomic mass is 16.5. The lowest BCUT2D eigenvalue weighted by Gasteiger charge is -2.23. The normalized spacial score (nSPS) is 16.4. The Morgan fingerprint density at radius 3 is 2.92 bits per heavy atom. The highest BCUT2D eigenvalue weighted by Gasteiger charge is 2.35. The van der Waals surface area contributed by atoms with Crippen LogP contribution in [0.5, 0.6) is 5.88 Å². The van der Waals surface area contributed by atoms with Gasteiger partial charge in [-0.1, -0.05) is 18.2 Å². The van der Waals surface area contributed by atoms with E-state index in [4.69, 9.17) is 10.5 Å². The molecule has 3 aromatic rings. The lowest BCUT2D eigenvalue weighted by atomic mass is 9.84. The number of nitrogens with zero attached hydrogens (tertiary/aromatic N) is 2. The van der Waals surface area contributed by atoms with Crippen LogP contribution in [-0.2, 0) is 0 Å². The molecule has 0 fully saturated rings. The maximum Gasteiger partial charge on any atom is 0.252 e. The van der Waals surface area contributed by atoms with E-state index in [0.29, 0.717) is 17.0 Å². The number of aromatic amines is 2. The Balaban J connectivity index is 2.05. The third-order valence-corrected chi connectivity index (χ3v) is 4.56. The molecule has 1 aromatic carbocycles. The number of pyridine rings is 1. The number of hydrogen-bond donors (Lipinski definition) is 3. The second-order valence-electron chi connectivity index (χ2n) is 6.09. The van der Waals surface area contributed by atoms with Crippen molar-refractivity contribution in [2.24, 2.45) is 5.73 Å². The largest absolute Gasteiger partial charge is 0.420 e. The zero-order chi connectivity index (χ0) is 17.7. The van der Waals surface area contributed by atoms with Gasteiger partial charge in [0, 0.05) is 16.8 Å². The van der Waals surface area contributed by atoms with Crippen LogP contribution >= 0.6 is 0 Å². The maximum absolute atomic E-state index is 12.8. The Morgan fingerprint density at radius 2 is 2.16 bits per heavy atom. The topological polar surface area (TPSA) is 121 Å². The zero-order valence-electron chi connectivity index (χ0n) is 13.7. The SMILES string of the molecule is Cc1[nH]nc2c1C(c1cc3cccc(C)c3[nH]c1=O)C(C#N)=C(N)O2. The van der Waals surface area contributed by atoms with E-state index in [9.17, 15) is 10.1 Å². The molecule has 124 valence electrons. The van der Waals surface area contributed by atoms with Crippen molar-refractivity contribution in [2.45, 2.75) is 19.8 Å². The first-order chi connectivity index (χ1) is 12.0. The van der Waals surface area contributed by atoms with E-state index >= 15 is 0 Å². The van der Waals surface area contributed by atoms with Gasteiger partial charge in [0.15, 0.2) is 0 Å². The van der Waals surface area contributed by atoms with E-state index in [-0.39, 0.29) is 17.0 Å². The first-order valence-electron chi connectivity index (χ1n) is 7.76. The molecule has 1 aliphatic rings. The van der Waals surface area contributed by atoms with E-state index in [0.717, 1.165) is 22.2 Å². The van der Waals surface area contributed by atoms with Crippen molar-refractivity contribution in [3.05, 3.63) is 68.5 Å². The number of allylic oxidation sites excluding steroid dienone is 1. The number of benzene rings is 1. The highest BCUT2D eigenvalue weighted by molar-refractivity contribution is 5.82. The van der Waals surface area contributed by atoms with Crippen molar-refractivity contribution in [1.29, 1.82) is 5.26 Å². The van der Waals surface area contributed by atoms with Crippen LogP contribution in [-0.4, -0.2) is 15.2 Å². The predicted molar refractivity (Wildman–Crippen MR) is 91.9 cm³/mol. The molecule has 4 N–H and O–H groups in total. The molecular formula is C18H15N5O2. The van der Waals surface area contributed by atoms with Crippen molar-refractivity contribution in [1.82, 2.24) is 15.2 Å². The number of nitrogens with two attached hydrogens (primary N) is 1. The van der Waals surface area contributed by atoms with Crippen molar-refractivity contribution >= 4 is 10.9 Å². The van der Waals surface area contributed by atoms with Crippen molar-refractivity contribution in [3.8, 4) is 11.9 Å². The van der Waals surface area contributed by atoms with Gasteiger partial charge in [0.1, 0.15) is 11.6 Å². The molecule has 7 nitrogen and oxygen atoms in total. The summed E-state index contributed by atoms with van der Waals surface area (Å²) in [7, 11) is 0. The van der Waals surface area contributed by atoms with Gasteiger partial charge in [-0.2, -0.15) is 5.26 Å². The predicted octanol–water partition coefficient (Wildman–Crippen LogP) is 2.09. The molecule has 0 spiro atoms. The first kappa shape index (κ1) is 15.0. The van der Waals surface area contributed by atoms with E-state index in [2.05, 4.69) is 21.3 Å². The van der Waals surface area contributed by atoms with Crippen LogP contribution in [0.4, 0.5) is 0 Å². The van der Waals surface area contributed by atoms with E-state index in [1.807, 2.05) is 32.0 Å². The van der Waals surface area contributed by atoms with Gasteiger partial charge in [-0.15, -0.1) is 5.10 Å². The van der Waals surface area contributed by atoms with E-state index < -0.39 is 5.92 Å². The Bertz CT molecular complexity index is 1150. The summed E-state index contributed by atoms with van der Waals surface area (Å²) in [4.78, 5) is 15.7. The third-order valence-electron chi connectivity index (χ3n) is 4.56. The minimum absolute atomic E-state index is 0.0322. The molecule has 0 bridgehead atoms. The number of aromatic nitrogens is 3. The standard InChI is InChI=1S/C18H15N5O2/c1-8-4-3-5-10-6-11(17(24)21-15(8)10)14-12(7-19)16(20)25-18-13(14)9(2)22-23-18/h3-6,14H,20H2,1-2H3,(H,21,24)(H,22,23). The zero-order valence-corrected chi connectivity index (χ0v) is 13.7. The number of nitriles is 1. The van der Waals surface area contributed by atoms with Gasteiger partial charge in [0.2, 0.25) is 11.8 Å². The number of rotatable bonds is 1. The molecule has 7 heteroatoms. The van der Waals surface area contributed by atoms with Crippen molar-refractivity contribution < 1.29 is 4.74 Å². The molecule has 2 aromatic heterocycles. The number of fused-ring (bicyclic) bond motifs is 2. The Morgan fingerprint density at radius 1 is 1.36 bits per heavy atom. The smallest absolute Gasteiger partial charge is 0.252 e. The molecule has 0 saturated heterocycles. The summed E-state index contributed by atoms with van der Waals surface area (Å²) < 4.78 is 5.43. The molecular weight excluding hydrogens is 318 g/mol. The minimum Gasteiger partial charge on any atom is -0.420 e. The number of nitrogens with one attached hydrogen (secondary N) is 2. The van der Waals surface area contributed by atoms with Crippen LogP contribution in [0.2, 0.25) is 0 Å². The van der Waals surface area contributed by atoms with Crippen LogP contribution in [0.25, 0.3) is 10.9 Å². The quantitative estimate of drug-likeness (QED) is 0.629. The second kappa shape index (κ2) is 5.24. The number of ether oxygens (including phenoxy) is 1. The molecule has 0 aliphatic carbocycles. The van der Waals surface area contributed by atoms with Crippen LogP contribution in [0, 0.1) is 25.2 Å². The fourth-order valence-corrected chi connectivity index (χ4v) is 3.32. The fraction of sp³-hybridized carbons (Fsp3) is 0.167. The monoisotopic (exact) mass is 333 g/mol. The average molecular weight is 333 g/mol. The average Bonchev–Trinajstić information content (AvgIpc) is 2.95. The van der Waals surface area contributed by atoms with Gasteiger partial charge in [-0.25, -0.2) is 0 Å². The summed E-state index contributed by atoms with van der Waals surface area (Å²) >= 11 is 0.